The number of carbonyl (C=O) groups is 2. The molecule has 0 radical (unpaired) electrons. The van der Waals surface area contributed by atoms with Gasteiger partial charge in [-0.05, 0) is 61.7 Å². The topological polar surface area (TPSA) is 68.3 Å². The summed E-state index contributed by atoms with van der Waals surface area (Å²) in [4.78, 5) is 29.2. The number of esters is 1. The number of rotatable bonds is 7. The second kappa shape index (κ2) is 8.14. The summed E-state index contributed by atoms with van der Waals surface area (Å²) >= 11 is 1.53. The zero-order chi connectivity index (χ0) is 20.6. The maximum Gasteiger partial charge on any atom is 0.325 e. The standard InChI is InChI=1S/C24H28N2O3S/c27-21(12-24-9-16-6-17(10-24)8-18(7-16)11-24)25-13-22(28)29-14-20-15-30-23(26-20)19-4-2-1-3-5-19/h1-5,15-18H,6-14H2,(H,25,27). The largest absolute Gasteiger partial charge is 0.458 e. The monoisotopic (exact) mass is 424 g/mol. The first-order chi connectivity index (χ1) is 14.6. The van der Waals surface area contributed by atoms with Gasteiger partial charge in [0.15, 0.2) is 0 Å². The van der Waals surface area contributed by atoms with Crippen LogP contribution in [0.25, 0.3) is 10.6 Å². The highest BCUT2D eigenvalue weighted by molar-refractivity contribution is 7.13. The lowest BCUT2D eigenvalue weighted by Gasteiger charge is -2.56. The first-order valence-corrected chi connectivity index (χ1v) is 11.9. The van der Waals surface area contributed by atoms with Crippen molar-refractivity contribution in [2.24, 2.45) is 23.2 Å². The van der Waals surface area contributed by atoms with Gasteiger partial charge in [0.2, 0.25) is 5.91 Å². The smallest absolute Gasteiger partial charge is 0.325 e. The van der Waals surface area contributed by atoms with Crippen molar-refractivity contribution in [2.75, 3.05) is 6.54 Å². The number of ether oxygens (including phenoxy) is 1. The van der Waals surface area contributed by atoms with Gasteiger partial charge in [0.25, 0.3) is 0 Å². The van der Waals surface area contributed by atoms with Gasteiger partial charge in [-0.3, -0.25) is 9.59 Å². The lowest BCUT2D eigenvalue weighted by atomic mass is 9.49. The third kappa shape index (κ3) is 4.29. The van der Waals surface area contributed by atoms with Crippen LogP contribution < -0.4 is 5.32 Å². The molecule has 0 unspecified atom stereocenters. The Morgan fingerprint density at radius 3 is 2.40 bits per heavy atom. The van der Waals surface area contributed by atoms with Crippen molar-refractivity contribution in [2.45, 2.75) is 51.6 Å². The highest BCUT2D eigenvalue weighted by Crippen LogP contribution is 2.61. The molecule has 4 aliphatic rings. The van der Waals surface area contributed by atoms with Gasteiger partial charge in [0.1, 0.15) is 18.2 Å². The molecular weight excluding hydrogens is 396 g/mol. The van der Waals surface area contributed by atoms with E-state index in [1.54, 1.807) is 0 Å². The molecule has 1 aromatic heterocycles. The van der Waals surface area contributed by atoms with Gasteiger partial charge in [0.05, 0.1) is 5.69 Å². The lowest BCUT2D eigenvalue weighted by molar-refractivity contribution is -0.146. The number of thiazole rings is 1. The summed E-state index contributed by atoms with van der Waals surface area (Å²) in [5, 5.41) is 5.61. The fourth-order valence-corrected chi connectivity index (χ4v) is 7.18. The van der Waals surface area contributed by atoms with Gasteiger partial charge in [-0.1, -0.05) is 30.3 Å². The van der Waals surface area contributed by atoms with E-state index in [1.807, 2.05) is 35.7 Å². The Kier molecular flexibility index (Phi) is 5.35. The molecule has 4 bridgehead atoms. The van der Waals surface area contributed by atoms with Gasteiger partial charge < -0.3 is 10.1 Å². The Bertz CT molecular complexity index is 888. The van der Waals surface area contributed by atoms with Crippen LogP contribution in [0.1, 0.15) is 50.6 Å². The van der Waals surface area contributed by atoms with Gasteiger partial charge in [0, 0.05) is 17.4 Å². The molecule has 1 N–H and O–H groups in total. The molecule has 0 spiro atoms. The van der Waals surface area contributed by atoms with Crippen LogP contribution in [0.3, 0.4) is 0 Å². The van der Waals surface area contributed by atoms with Gasteiger partial charge >= 0.3 is 5.97 Å². The van der Waals surface area contributed by atoms with Crippen LogP contribution in [0.4, 0.5) is 0 Å². The van der Waals surface area contributed by atoms with Crippen LogP contribution in [0.5, 0.6) is 0 Å². The molecule has 2 aromatic rings. The fourth-order valence-electron chi connectivity index (χ4n) is 6.37. The normalized spacial score (nSPS) is 29.0. The first kappa shape index (κ1) is 19.7. The summed E-state index contributed by atoms with van der Waals surface area (Å²) in [5.74, 6) is 2.06. The van der Waals surface area contributed by atoms with Crippen molar-refractivity contribution in [3.05, 3.63) is 41.4 Å². The summed E-state index contributed by atoms with van der Waals surface area (Å²) in [5.41, 5.74) is 1.97. The molecule has 0 aliphatic heterocycles. The SMILES string of the molecule is O=C(CC12CC3CC(CC(C3)C1)C2)NCC(=O)OCc1csc(-c2ccccc2)n1. The van der Waals surface area contributed by atoms with Crippen LogP contribution >= 0.6 is 11.3 Å². The van der Waals surface area contributed by atoms with Crippen molar-refractivity contribution in [1.29, 1.82) is 0 Å². The molecule has 4 aliphatic carbocycles. The fraction of sp³-hybridized carbons (Fsp3) is 0.542. The molecule has 5 nitrogen and oxygen atoms in total. The van der Waals surface area contributed by atoms with Crippen molar-refractivity contribution in [3.8, 4) is 10.6 Å². The number of hydrogen-bond donors (Lipinski definition) is 1. The number of amides is 1. The number of benzene rings is 1. The van der Waals surface area contributed by atoms with Crippen LogP contribution in [0.15, 0.2) is 35.7 Å². The average Bonchev–Trinajstić information content (AvgIpc) is 3.19. The third-order valence-electron chi connectivity index (χ3n) is 7.08. The van der Waals surface area contributed by atoms with E-state index in [9.17, 15) is 9.59 Å². The van der Waals surface area contributed by atoms with Crippen molar-refractivity contribution in [1.82, 2.24) is 10.3 Å². The third-order valence-corrected chi connectivity index (χ3v) is 8.02. The molecule has 30 heavy (non-hydrogen) atoms. The lowest BCUT2D eigenvalue weighted by Crippen LogP contribution is -2.48. The molecule has 1 amide bonds. The summed E-state index contributed by atoms with van der Waals surface area (Å²) in [6.45, 7) is 0.0634. The molecular formula is C24H28N2O3S. The summed E-state index contributed by atoms with van der Waals surface area (Å²) < 4.78 is 5.31. The quantitative estimate of drug-likeness (QED) is 0.661. The summed E-state index contributed by atoms with van der Waals surface area (Å²) in [7, 11) is 0. The maximum absolute atomic E-state index is 12.5. The zero-order valence-corrected chi connectivity index (χ0v) is 18.0. The van der Waals surface area contributed by atoms with E-state index in [1.165, 1.54) is 49.9 Å². The van der Waals surface area contributed by atoms with E-state index in [0.29, 0.717) is 6.42 Å². The van der Waals surface area contributed by atoms with E-state index in [-0.39, 0.29) is 24.5 Å². The van der Waals surface area contributed by atoms with E-state index < -0.39 is 5.97 Å². The number of carbonyl (C=O) groups excluding carboxylic acids is 2. The zero-order valence-electron chi connectivity index (χ0n) is 17.1. The van der Waals surface area contributed by atoms with E-state index in [0.717, 1.165) is 34.0 Å². The van der Waals surface area contributed by atoms with Crippen LogP contribution in [0, 0.1) is 23.2 Å². The van der Waals surface area contributed by atoms with Crippen molar-refractivity contribution < 1.29 is 14.3 Å². The number of aromatic nitrogens is 1. The molecule has 4 fully saturated rings. The molecule has 0 atom stereocenters. The molecule has 1 aromatic carbocycles. The minimum Gasteiger partial charge on any atom is -0.458 e. The predicted octanol–water partition coefficient (Wildman–Crippen LogP) is 4.58. The average molecular weight is 425 g/mol. The Morgan fingerprint density at radius 1 is 1.07 bits per heavy atom. The second-order valence-electron chi connectivity index (χ2n) is 9.54. The highest BCUT2D eigenvalue weighted by Gasteiger charge is 2.51. The molecule has 0 saturated heterocycles. The second-order valence-corrected chi connectivity index (χ2v) is 10.4. The number of nitrogens with zero attached hydrogens (tertiary/aromatic N) is 1. The Morgan fingerprint density at radius 2 is 1.73 bits per heavy atom. The predicted molar refractivity (Wildman–Crippen MR) is 116 cm³/mol. The minimum absolute atomic E-state index is 0.00563. The van der Waals surface area contributed by atoms with Crippen LogP contribution in [0.2, 0.25) is 0 Å². The Balaban J connectivity index is 1.07. The molecule has 6 rings (SSSR count). The Hall–Kier alpha value is -2.21. The minimum atomic E-state index is -0.414. The Labute approximate surface area is 181 Å². The summed E-state index contributed by atoms with van der Waals surface area (Å²) in [6.07, 6.45) is 8.27. The van der Waals surface area contributed by atoms with Crippen LogP contribution in [-0.4, -0.2) is 23.4 Å². The highest BCUT2D eigenvalue weighted by atomic mass is 32.1. The van der Waals surface area contributed by atoms with E-state index >= 15 is 0 Å². The van der Waals surface area contributed by atoms with E-state index in [4.69, 9.17) is 4.74 Å². The number of hydrogen-bond acceptors (Lipinski definition) is 5. The van der Waals surface area contributed by atoms with Crippen LogP contribution in [-0.2, 0) is 20.9 Å². The summed E-state index contributed by atoms with van der Waals surface area (Å²) in [6, 6.07) is 9.93. The molecule has 6 heteroatoms. The molecule has 1 heterocycles. The van der Waals surface area contributed by atoms with Gasteiger partial charge in [-0.25, -0.2) is 4.98 Å². The van der Waals surface area contributed by atoms with Gasteiger partial charge in [-0.15, -0.1) is 11.3 Å². The van der Waals surface area contributed by atoms with Gasteiger partial charge in [-0.2, -0.15) is 0 Å². The maximum atomic E-state index is 12.5. The van der Waals surface area contributed by atoms with Crippen molar-refractivity contribution in [3.63, 3.8) is 0 Å². The van der Waals surface area contributed by atoms with E-state index in [2.05, 4.69) is 10.3 Å². The van der Waals surface area contributed by atoms with Crippen molar-refractivity contribution >= 4 is 23.2 Å². The molecule has 158 valence electrons. The molecule has 4 saturated carbocycles. The first-order valence-electron chi connectivity index (χ1n) is 11.0. The number of nitrogens with one attached hydrogen (secondary N) is 1.